The minimum atomic E-state index is 0.408. The number of aromatic nitrogens is 3. The Morgan fingerprint density at radius 3 is 3.06 bits per heavy atom. The molecule has 2 rings (SSSR count). The molecular formula is C11H14N4O3. The Kier molecular flexibility index (Phi) is 4.08. The molecule has 0 amide bonds. The molecule has 7 heteroatoms. The third-order valence-corrected chi connectivity index (χ3v) is 2.22. The van der Waals surface area contributed by atoms with Gasteiger partial charge in [-0.05, 0) is 0 Å². The van der Waals surface area contributed by atoms with Gasteiger partial charge in [0, 0.05) is 13.2 Å². The fourth-order valence-corrected chi connectivity index (χ4v) is 1.44. The van der Waals surface area contributed by atoms with Crippen molar-refractivity contribution in [2.75, 3.05) is 19.5 Å². The summed E-state index contributed by atoms with van der Waals surface area (Å²) in [6, 6.07) is 1.83. The van der Waals surface area contributed by atoms with E-state index in [2.05, 4.69) is 20.4 Å². The first kappa shape index (κ1) is 12.3. The third kappa shape index (κ3) is 2.95. The van der Waals surface area contributed by atoms with Crippen molar-refractivity contribution in [3.05, 3.63) is 30.0 Å². The Balaban J connectivity index is 1.97. The predicted octanol–water partition coefficient (Wildman–Crippen LogP) is 1.23. The minimum Gasteiger partial charge on any atom is -0.479 e. The maximum absolute atomic E-state index is 5.10. The van der Waals surface area contributed by atoms with E-state index < -0.39 is 0 Å². The molecule has 0 spiro atoms. The quantitative estimate of drug-likeness (QED) is 0.825. The van der Waals surface area contributed by atoms with Crippen LogP contribution in [0.1, 0.15) is 11.5 Å². The zero-order valence-corrected chi connectivity index (χ0v) is 10.2. The van der Waals surface area contributed by atoms with E-state index in [9.17, 15) is 0 Å². The minimum absolute atomic E-state index is 0.408. The molecule has 0 saturated heterocycles. The van der Waals surface area contributed by atoms with E-state index in [0.29, 0.717) is 30.5 Å². The highest BCUT2D eigenvalue weighted by molar-refractivity contribution is 5.50. The molecule has 1 N–H and O–H groups in total. The van der Waals surface area contributed by atoms with E-state index in [0.717, 1.165) is 5.69 Å². The van der Waals surface area contributed by atoms with Gasteiger partial charge in [0.25, 0.3) is 0 Å². The summed E-state index contributed by atoms with van der Waals surface area (Å²) in [5.74, 6) is 1.18. The van der Waals surface area contributed by atoms with Crippen LogP contribution >= 0.6 is 0 Å². The van der Waals surface area contributed by atoms with Crippen LogP contribution in [0.25, 0.3) is 0 Å². The van der Waals surface area contributed by atoms with Gasteiger partial charge >= 0.3 is 0 Å². The molecular weight excluding hydrogens is 236 g/mol. The standard InChI is InChI=1S/C11H14N4O3/c1-16-6-9-3-8(15-18-9)4-13-10-5-12-7-14-11(10)17-2/h3,5,7,13H,4,6H2,1-2H3. The highest BCUT2D eigenvalue weighted by Crippen LogP contribution is 2.19. The Bertz CT molecular complexity index is 501. The fraction of sp³-hybridized carbons (Fsp3) is 0.364. The fourth-order valence-electron chi connectivity index (χ4n) is 1.44. The molecule has 7 nitrogen and oxygen atoms in total. The molecule has 2 aromatic rings. The predicted molar refractivity (Wildman–Crippen MR) is 63.1 cm³/mol. The Morgan fingerprint density at radius 2 is 2.28 bits per heavy atom. The van der Waals surface area contributed by atoms with Crippen molar-refractivity contribution in [2.24, 2.45) is 0 Å². The van der Waals surface area contributed by atoms with Crippen molar-refractivity contribution in [3.8, 4) is 5.88 Å². The van der Waals surface area contributed by atoms with Crippen LogP contribution in [0.2, 0.25) is 0 Å². The summed E-state index contributed by atoms with van der Waals surface area (Å²) < 4.78 is 15.1. The molecule has 0 aliphatic rings. The van der Waals surface area contributed by atoms with Crippen LogP contribution in [-0.4, -0.2) is 29.3 Å². The van der Waals surface area contributed by atoms with Crippen LogP contribution in [-0.2, 0) is 17.9 Å². The number of methoxy groups -OCH3 is 2. The molecule has 0 saturated carbocycles. The average molecular weight is 250 g/mol. The van der Waals surface area contributed by atoms with Gasteiger partial charge in [-0.1, -0.05) is 5.16 Å². The summed E-state index contributed by atoms with van der Waals surface area (Å²) in [7, 11) is 3.16. The molecule has 2 heterocycles. The molecule has 2 aromatic heterocycles. The molecule has 0 aromatic carbocycles. The molecule has 0 aliphatic heterocycles. The lowest BCUT2D eigenvalue weighted by Gasteiger charge is -2.06. The topological polar surface area (TPSA) is 82.3 Å². The molecule has 0 radical (unpaired) electrons. The SMILES string of the molecule is COCc1cc(CNc2cncnc2OC)no1. The van der Waals surface area contributed by atoms with Gasteiger partial charge in [0.15, 0.2) is 5.76 Å². The van der Waals surface area contributed by atoms with Gasteiger partial charge in [0.1, 0.15) is 24.3 Å². The molecule has 0 unspecified atom stereocenters. The van der Waals surface area contributed by atoms with Gasteiger partial charge in [-0.2, -0.15) is 0 Å². The van der Waals surface area contributed by atoms with E-state index in [1.807, 2.05) is 6.07 Å². The number of hydrogen-bond acceptors (Lipinski definition) is 7. The van der Waals surface area contributed by atoms with Crippen molar-refractivity contribution < 1.29 is 14.0 Å². The van der Waals surface area contributed by atoms with Gasteiger partial charge in [0.2, 0.25) is 5.88 Å². The Morgan fingerprint density at radius 1 is 1.39 bits per heavy atom. The van der Waals surface area contributed by atoms with Crippen molar-refractivity contribution in [1.82, 2.24) is 15.1 Å². The maximum atomic E-state index is 5.10. The summed E-state index contributed by atoms with van der Waals surface area (Å²) in [5.41, 5.74) is 1.48. The summed E-state index contributed by atoms with van der Waals surface area (Å²) in [6.07, 6.45) is 3.07. The van der Waals surface area contributed by atoms with E-state index in [1.54, 1.807) is 20.4 Å². The first-order valence-corrected chi connectivity index (χ1v) is 5.34. The van der Waals surface area contributed by atoms with E-state index in [-0.39, 0.29) is 0 Å². The lowest BCUT2D eigenvalue weighted by Crippen LogP contribution is -2.03. The molecule has 96 valence electrons. The van der Waals surface area contributed by atoms with Crippen LogP contribution in [0.15, 0.2) is 23.1 Å². The van der Waals surface area contributed by atoms with Crippen molar-refractivity contribution in [2.45, 2.75) is 13.2 Å². The van der Waals surface area contributed by atoms with Gasteiger partial charge < -0.3 is 19.3 Å². The Labute approximate surface area is 104 Å². The van der Waals surface area contributed by atoms with Crippen molar-refractivity contribution in [1.29, 1.82) is 0 Å². The molecule has 0 aliphatic carbocycles. The maximum Gasteiger partial charge on any atom is 0.240 e. The van der Waals surface area contributed by atoms with Gasteiger partial charge in [-0.3, -0.25) is 0 Å². The lowest BCUT2D eigenvalue weighted by atomic mass is 10.3. The average Bonchev–Trinajstić information content (AvgIpc) is 2.85. The summed E-state index contributed by atoms with van der Waals surface area (Å²) in [4.78, 5) is 7.91. The summed E-state index contributed by atoms with van der Waals surface area (Å²) in [6.45, 7) is 0.904. The van der Waals surface area contributed by atoms with Crippen LogP contribution < -0.4 is 10.1 Å². The van der Waals surface area contributed by atoms with Gasteiger partial charge in [0.05, 0.1) is 19.9 Å². The van der Waals surface area contributed by atoms with E-state index in [4.69, 9.17) is 14.0 Å². The van der Waals surface area contributed by atoms with Crippen molar-refractivity contribution in [3.63, 3.8) is 0 Å². The molecule has 0 fully saturated rings. The number of hydrogen-bond donors (Lipinski definition) is 1. The normalized spacial score (nSPS) is 10.3. The first-order chi connectivity index (χ1) is 8.83. The third-order valence-electron chi connectivity index (χ3n) is 2.22. The highest BCUT2D eigenvalue weighted by atomic mass is 16.5. The summed E-state index contributed by atoms with van der Waals surface area (Å²) >= 11 is 0. The van der Waals surface area contributed by atoms with Crippen molar-refractivity contribution >= 4 is 5.69 Å². The number of rotatable bonds is 6. The molecule has 0 atom stereocenters. The number of anilines is 1. The molecule has 18 heavy (non-hydrogen) atoms. The number of nitrogens with zero attached hydrogens (tertiary/aromatic N) is 3. The second-order valence-electron chi connectivity index (χ2n) is 3.52. The van der Waals surface area contributed by atoms with Gasteiger partial charge in [-0.25, -0.2) is 9.97 Å². The first-order valence-electron chi connectivity index (χ1n) is 5.34. The van der Waals surface area contributed by atoms with E-state index in [1.165, 1.54) is 6.33 Å². The zero-order valence-electron chi connectivity index (χ0n) is 10.2. The second-order valence-corrected chi connectivity index (χ2v) is 3.52. The largest absolute Gasteiger partial charge is 0.479 e. The van der Waals surface area contributed by atoms with Crippen LogP contribution in [0.3, 0.4) is 0 Å². The second kappa shape index (κ2) is 5.97. The summed E-state index contributed by atoms with van der Waals surface area (Å²) in [5, 5.41) is 7.03. The smallest absolute Gasteiger partial charge is 0.240 e. The van der Waals surface area contributed by atoms with Crippen LogP contribution in [0, 0.1) is 0 Å². The zero-order chi connectivity index (χ0) is 12.8. The number of ether oxygens (including phenoxy) is 2. The van der Waals surface area contributed by atoms with E-state index >= 15 is 0 Å². The Hall–Kier alpha value is -2.15. The van der Waals surface area contributed by atoms with Crippen LogP contribution in [0.5, 0.6) is 5.88 Å². The number of nitrogens with one attached hydrogen (secondary N) is 1. The lowest BCUT2D eigenvalue weighted by molar-refractivity contribution is 0.156. The molecule has 0 bridgehead atoms. The highest BCUT2D eigenvalue weighted by Gasteiger charge is 2.06. The van der Waals surface area contributed by atoms with Crippen LogP contribution in [0.4, 0.5) is 5.69 Å². The van der Waals surface area contributed by atoms with Gasteiger partial charge in [-0.15, -0.1) is 0 Å². The monoisotopic (exact) mass is 250 g/mol.